The van der Waals surface area contributed by atoms with Gasteiger partial charge in [-0.25, -0.2) is 4.39 Å². The summed E-state index contributed by atoms with van der Waals surface area (Å²) in [7, 11) is 1.32. The van der Waals surface area contributed by atoms with Gasteiger partial charge in [-0.15, -0.1) is 0 Å². The van der Waals surface area contributed by atoms with Crippen LogP contribution in [0.1, 0.15) is 88.4 Å². The van der Waals surface area contributed by atoms with Crippen LogP contribution in [0.4, 0.5) is 4.39 Å². The average molecular weight is 545 g/mol. The molecule has 0 unspecified atom stereocenters. The molecule has 9 heteroatoms. The van der Waals surface area contributed by atoms with Crippen molar-refractivity contribution < 1.29 is 33.4 Å². The van der Waals surface area contributed by atoms with E-state index in [-0.39, 0.29) is 58.3 Å². The molecule has 214 valence electrons. The highest BCUT2D eigenvalue weighted by molar-refractivity contribution is 5.98. The third-order valence-electron chi connectivity index (χ3n) is 10.1. The van der Waals surface area contributed by atoms with Crippen molar-refractivity contribution in [1.29, 1.82) is 0 Å². The number of ether oxygens (including phenoxy) is 2. The first-order valence-electron chi connectivity index (χ1n) is 14.4. The lowest BCUT2D eigenvalue weighted by Crippen LogP contribution is -2.51. The molecule has 4 atom stereocenters. The number of hydrogen-bond donors (Lipinski definition) is 3. The third-order valence-corrected chi connectivity index (χ3v) is 10.1. The Morgan fingerprint density at radius 2 is 1.74 bits per heavy atom. The van der Waals surface area contributed by atoms with Crippen LogP contribution < -0.4 is 20.1 Å². The van der Waals surface area contributed by atoms with Crippen molar-refractivity contribution in [2.45, 2.75) is 90.2 Å². The van der Waals surface area contributed by atoms with Gasteiger partial charge in [0, 0.05) is 18.7 Å². The molecule has 3 N–H and O–H groups in total. The van der Waals surface area contributed by atoms with Crippen molar-refractivity contribution in [2.24, 2.45) is 28.6 Å². The van der Waals surface area contributed by atoms with Crippen LogP contribution in [-0.2, 0) is 9.59 Å². The summed E-state index contributed by atoms with van der Waals surface area (Å²) < 4.78 is 26.3. The van der Waals surface area contributed by atoms with Crippen molar-refractivity contribution in [3.8, 4) is 11.5 Å². The highest BCUT2D eigenvalue weighted by Crippen LogP contribution is 2.49. The Labute approximate surface area is 229 Å². The molecule has 4 aliphatic rings. The zero-order chi connectivity index (χ0) is 27.9. The lowest BCUT2D eigenvalue weighted by atomic mass is 9.70. The fraction of sp³-hybridized carbons (Fsp3) is 0.700. The Bertz CT molecular complexity index is 1130. The molecule has 0 radical (unpaired) electrons. The minimum atomic E-state index is -0.819. The summed E-state index contributed by atoms with van der Waals surface area (Å²) >= 11 is 0. The fourth-order valence-electron chi connectivity index (χ4n) is 7.25. The average Bonchev–Trinajstić information content (AvgIpc) is 3.49. The van der Waals surface area contributed by atoms with E-state index in [1.54, 1.807) is 6.92 Å². The monoisotopic (exact) mass is 544 g/mol. The van der Waals surface area contributed by atoms with Gasteiger partial charge in [0.1, 0.15) is 5.75 Å². The Kier molecular flexibility index (Phi) is 7.55. The number of benzene rings is 1. The number of halogens is 1. The molecule has 0 saturated heterocycles. The molecule has 4 fully saturated rings. The molecule has 39 heavy (non-hydrogen) atoms. The molecule has 1 aromatic rings. The molecule has 0 aromatic heterocycles. The van der Waals surface area contributed by atoms with Crippen molar-refractivity contribution in [3.05, 3.63) is 23.5 Å². The zero-order valence-electron chi connectivity index (χ0n) is 23.2. The number of carbonyl (C=O) groups excluding carboxylic acids is 2. The molecular weight excluding hydrogens is 503 g/mol. The van der Waals surface area contributed by atoms with E-state index < -0.39 is 23.1 Å². The highest BCUT2D eigenvalue weighted by atomic mass is 19.1. The van der Waals surface area contributed by atoms with E-state index in [1.165, 1.54) is 25.7 Å². The van der Waals surface area contributed by atoms with Crippen LogP contribution in [0.25, 0.3) is 0 Å². The first-order valence-corrected chi connectivity index (χ1v) is 14.4. The van der Waals surface area contributed by atoms with Crippen LogP contribution in [0.2, 0.25) is 0 Å². The van der Waals surface area contributed by atoms with Crippen LogP contribution in [0.15, 0.2) is 12.1 Å². The predicted molar refractivity (Wildman–Crippen MR) is 142 cm³/mol. The minimum Gasteiger partial charge on any atom is -0.493 e. The number of rotatable bonds is 9. The number of hydrogen-bond acceptors (Lipinski definition) is 5. The number of amides is 2. The van der Waals surface area contributed by atoms with Gasteiger partial charge in [0.15, 0.2) is 11.6 Å². The molecule has 1 aromatic carbocycles. The zero-order valence-corrected chi connectivity index (χ0v) is 23.2. The Hall–Kier alpha value is -2.84. The van der Waals surface area contributed by atoms with Crippen LogP contribution in [0.3, 0.4) is 0 Å². The van der Waals surface area contributed by atoms with Crippen LogP contribution in [0, 0.1) is 34.4 Å². The maximum atomic E-state index is 15.0. The van der Waals surface area contributed by atoms with Gasteiger partial charge in [-0.3, -0.25) is 14.4 Å². The Balaban J connectivity index is 1.28. The van der Waals surface area contributed by atoms with Gasteiger partial charge in [0.25, 0.3) is 5.91 Å². The van der Waals surface area contributed by atoms with Gasteiger partial charge < -0.3 is 25.2 Å². The maximum absolute atomic E-state index is 15.0. The summed E-state index contributed by atoms with van der Waals surface area (Å²) in [6.45, 7) is 4.59. The molecule has 0 aliphatic heterocycles. The summed E-state index contributed by atoms with van der Waals surface area (Å²) in [4.78, 5) is 38.4. The molecule has 4 aliphatic carbocycles. The summed E-state index contributed by atoms with van der Waals surface area (Å²) in [5, 5.41) is 15.7. The smallest absolute Gasteiger partial charge is 0.309 e. The third kappa shape index (κ3) is 5.46. The van der Waals surface area contributed by atoms with Gasteiger partial charge in [-0.1, -0.05) is 13.3 Å². The molecule has 5 rings (SSSR count). The second-order valence-corrected chi connectivity index (χ2v) is 12.9. The first kappa shape index (κ1) is 27.7. The number of carboxylic acid groups (broad SMARTS) is 1. The Morgan fingerprint density at radius 1 is 1.05 bits per heavy atom. The van der Waals surface area contributed by atoms with E-state index in [1.807, 2.05) is 0 Å². The van der Waals surface area contributed by atoms with Gasteiger partial charge in [-0.05, 0) is 88.0 Å². The quantitative estimate of drug-likeness (QED) is 0.415. The predicted octanol–water partition coefficient (Wildman–Crippen LogP) is 4.70. The van der Waals surface area contributed by atoms with E-state index in [0.717, 1.165) is 32.1 Å². The lowest BCUT2D eigenvalue weighted by molar-refractivity contribution is -0.150. The topological polar surface area (TPSA) is 114 Å². The molecule has 2 amide bonds. The van der Waals surface area contributed by atoms with E-state index >= 15 is 4.39 Å². The number of carboxylic acids is 1. The Morgan fingerprint density at radius 3 is 2.36 bits per heavy atom. The van der Waals surface area contributed by atoms with Gasteiger partial charge >= 0.3 is 5.97 Å². The number of carbonyl (C=O) groups is 3. The van der Waals surface area contributed by atoms with Crippen molar-refractivity contribution >= 4 is 17.8 Å². The number of aliphatic carboxylic acids is 1. The largest absolute Gasteiger partial charge is 0.493 e. The van der Waals surface area contributed by atoms with Gasteiger partial charge in [-0.2, -0.15) is 0 Å². The number of nitrogens with one attached hydrogen (secondary N) is 2. The molecule has 0 spiro atoms. The van der Waals surface area contributed by atoms with E-state index in [0.29, 0.717) is 32.2 Å². The summed E-state index contributed by atoms with van der Waals surface area (Å²) in [6, 6.07) is 2.38. The molecular formula is C30H41FN2O6. The number of fused-ring (bicyclic) bond motifs is 2. The van der Waals surface area contributed by atoms with E-state index in [9.17, 15) is 19.5 Å². The molecule has 4 saturated carbocycles. The van der Waals surface area contributed by atoms with Crippen molar-refractivity contribution in [1.82, 2.24) is 10.6 Å². The summed E-state index contributed by atoms with van der Waals surface area (Å²) in [5.41, 5.74) is -0.584. The summed E-state index contributed by atoms with van der Waals surface area (Å²) in [6.07, 6.45) is 8.00. The highest BCUT2D eigenvalue weighted by Gasteiger charge is 2.52. The lowest BCUT2D eigenvalue weighted by Gasteiger charge is -2.39. The van der Waals surface area contributed by atoms with E-state index in [2.05, 4.69) is 17.6 Å². The molecule has 8 nitrogen and oxygen atoms in total. The minimum absolute atomic E-state index is 0.00140. The van der Waals surface area contributed by atoms with Crippen LogP contribution in [-0.4, -0.2) is 48.7 Å². The van der Waals surface area contributed by atoms with Crippen molar-refractivity contribution in [2.75, 3.05) is 13.7 Å². The summed E-state index contributed by atoms with van der Waals surface area (Å²) in [5.74, 6) is -1.80. The molecule has 2 bridgehead atoms. The number of methoxy groups -OCH3 is 1. The second kappa shape index (κ2) is 10.6. The maximum Gasteiger partial charge on any atom is 0.309 e. The van der Waals surface area contributed by atoms with Crippen LogP contribution >= 0.6 is 0 Å². The van der Waals surface area contributed by atoms with Gasteiger partial charge in [0.05, 0.1) is 30.1 Å². The van der Waals surface area contributed by atoms with Gasteiger partial charge in [0.2, 0.25) is 5.91 Å². The fourth-order valence-corrected chi connectivity index (χ4v) is 7.25. The van der Waals surface area contributed by atoms with Crippen molar-refractivity contribution in [3.63, 3.8) is 0 Å². The SMILES string of the molecule is COc1c(F)cc(O[C@H]2CC[C@@](C)(C(=O)O)CC2)cc1C(=O)N[C@@H]1[C@H]2CC[C@H](C2)[C@@H]1C(=O)NCC1(C)CCC1. The normalized spacial score (nSPS) is 32.7. The van der Waals surface area contributed by atoms with E-state index in [4.69, 9.17) is 9.47 Å². The second-order valence-electron chi connectivity index (χ2n) is 12.9. The van der Waals surface area contributed by atoms with Crippen LogP contribution in [0.5, 0.6) is 11.5 Å². The standard InChI is InChI=1S/C30H41FN2O6/c1-29(9-4-10-29)16-32-27(35)23-17-5-6-18(13-17)24(23)33-26(34)21-14-20(15-22(31)25(21)38-3)39-19-7-11-30(2,12-8-19)28(36)37/h14-15,17-19,23-24H,4-13,16H2,1-3H3,(H,32,35)(H,33,34)(H,36,37)/t17-,18+,19-,23+,24-,30+/m1/s1. The first-order chi connectivity index (χ1) is 18.5. The molecule has 0 heterocycles.